The first-order valence-corrected chi connectivity index (χ1v) is 8.42. The molecule has 1 heterocycles. The number of carbonyl (C=O) groups is 1. The lowest BCUT2D eigenvalue weighted by atomic mass is 10.1. The molecule has 6 heteroatoms. The van der Waals surface area contributed by atoms with Crippen LogP contribution in [0.25, 0.3) is 0 Å². The van der Waals surface area contributed by atoms with Crippen LogP contribution in [0, 0.1) is 0 Å². The molecule has 0 spiro atoms. The van der Waals surface area contributed by atoms with Crippen LogP contribution in [0.2, 0.25) is 0 Å². The number of benzene rings is 1. The molecule has 1 aromatic carbocycles. The van der Waals surface area contributed by atoms with Crippen molar-refractivity contribution in [2.24, 2.45) is 0 Å². The number of hydrogen-bond donors (Lipinski definition) is 2. The van der Waals surface area contributed by atoms with Crippen LogP contribution in [0.5, 0.6) is 5.75 Å². The standard InChI is InChI=1S/C17H22N2O3S/c1-19(17(20)21)13-18-9-3-10-22-15-7-5-14(6-8-15)12-16-4-2-11-23-16/h2,4-8,11,18H,3,9-10,12-13H2,1H3,(H,20,21). The molecule has 2 aromatic rings. The van der Waals surface area contributed by atoms with E-state index in [1.165, 1.54) is 22.4 Å². The van der Waals surface area contributed by atoms with E-state index < -0.39 is 6.09 Å². The third-order valence-corrected chi connectivity index (χ3v) is 4.20. The number of rotatable bonds is 9. The number of hydrogen-bond acceptors (Lipinski definition) is 4. The van der Waals surface area contributed by atoms with Gasteiger partial charge in [0, 0.05) is 18.3 Å². The van der Waals surface area contributed by atoms with Crippen LogP contribution in [0.1, 0.15) is 16.9 Å². The van der Waals surface area contributed by atoms with E-state index in [9.17, 15) is 4.79 Å². The Morgan fingerprint density at radius 1 is 1.30 bits per heavy atom. The first-order chi connectivity index (χ1) is 11.1. The smallest absolute Gasteiger partial charge is 0.408 e. The van der Waals surface area contributed by atoms with Crippen LogP contribution < -0.4 is 10.1 Å². The SMILES string of the molecule is CN(CNCCCOc1ccc(Cc2cccs2)cc1)C(=O)O. The summed E-state index contributed by atoms with van der Waals surface area (Å²) in [7, 11) is 1.53. The van der Waals surface area contributed by atoms with E-state index >= 15 is 0 Å². The topological polar surface area (TPSA) is 61.8 Å². The van der Waals surface area contributed by atoms with E-state index in [-0.39, 0.29) is 0 Å². The van der Waals surface area contributed by atoms with Crippen molar-refractivity contribution in [1.82, 2.24) is 10.2 Å². The zero-order valence-electron chi connectivity index (χ0n) is 13.2. The zero-order valence-corrected chi connectivity index (χ0v) is 14.0. The molecule has 124 valence electrons. The summed E-state index contributed by atoms with van der Waals surface area (Å²) in [5, 5.41) is 13.8. The van der Waals surface area contributed by atoms with Crippen molar-refractivity contribution in [2.45, 2.75) is 12.8 Å². The van der Waals surface area contributed by atoms with Crippen molar-refractivity contribution in [3.05, 3.63) is 52.2 Å². The van der Waals surface area contributed by atoms with E-state index in [1.54, 1.807) is 11.3 Å². The van der Waals surface area contributed by atoms with Crippen molar-refractivity contribution in [1.29, 1.82) is 0 Å². The predicted octanol–water partition coefficient (Wildman–Crippen LogP) is 3.26. The number of amides is 1. The lowest BCUT2D eigenvalue weighted by molar-refractivity contribution is 0.152. The maximum Gasteiger partial charge on any atom is 0.408 e. The van der Waals surface area contributed by atoms with Crippen molar-refractivity contribution < 1.29 is 14.6 Å². The van der Waals surface area contributed by atoms with Gasteiger partial charge >= 0.3 is 6.09 Å². The monoisotopic (exact) mass is 334 g/mol. The fraction of sp³-hybridized carbons (Fsp3) is 0.353. The molecular formula is C17H22N2O3S. The minimum atomic E-state index is -0.934. The van der Waals surface area contributed by atoms with Crippen molar-refractivity contribution in [3.63, 3.8) is 0 Å². The molecule has 2 N–H and O–H groups in total. The fourth-order valence-corrected chi connectivity index (χ4v) is 2.76. The van der Waals surface area contributed by atoms with Crippen molar-refractivity contribution in [3.8, 4) is 5.75 Å². The molecule has 0 saturated carbocycles. The molecule has 1 aromatic heterocycles. The second-order valence-electron chi connectivity index (χ2n) is 5.24. The van der Waals surface area contributed by atoms with E-state index in [2.05, 4.69) is 35.0 Å². The lowest BCUT2D eigenvalue weighted by Crippen LogP contribution is -2.35. The number of ether oxygens (including phenoxy) is 1. The molecular weight excluding hydrogens is 312 g/mol. The molecule has 1 amide bonds. The van der Waals surface area contributed by atoms with Gasteiger partial charge < -0.3 is 9.84 Å². The van der Waals surface area contributed by atoms with Crippen LogP contribution in [-0.2, 0) is 6.42 Å². The second kappa shape index (κ2) is 9.17. The summed E-state index contributed by atoms with van der Waals surface area (Å²) < 4.78 is 5.68. The third-order valence-electron chi connectivity index (χ3n) is 3.32. The Morgan fingerprint density at radius 3 is 2.74 bits per heavy atom. The molecule has 0 aliphatic carbocycles. The van der Waals surface area contributed by atoms with Crippen LogP contribution in [-0.4, -0.2) is 43.0 Å². The van der Waals surface area contributed by atoms with Gasteiger partial charge in [-0.2, -0.15) is 0 Å². The zero-order chi connectivity index (χ0) is 16.5. The maximum absolute atomic E-state index is 10.6. The van der Waals surface area contributed by atoms with Crippen molar-refractivity contribution >= 4 is 17.4 Å². The fourth-order valence-electron chi connectivity index (χ4n) is 2.02. The van der Waals surface area contributed by atoms with Crippen LogP contribution in [0.15, 0.2) is 41.8 Å². The Morgan fingerprint density at radius 2 is 2.09 bits per heavy atom. The normalized spacial score (nSPS) is 10.5. The van der Waals surface area contributed by atoms with E-state index in [0.29, 0.717) is 19.8 Å². The lowest BCUT2D eigenvalue weighted by Gasteiger charge is -2.13. The highest BCUT2D eigenvalue weighted by Crippen LogP contribution is 2.18. The summed E-state index contributed by atoms with van der Waals surface area (Å²) in [5.74, 6) is 0.864. The molecule has 0 aliphatic rings. The molecule has 2 rings (SSSR count). The largest absolute Gasteiger partial charge is 0.494 e. The van der Waals surface area contributed by atoms with Gasteiger partial charge in [0.15, 0.2) is 0 Å². The first kappa shape index (κ1) is 17.3. The molecule has 0 bridgehead atoms. The van der Waals surface area contributed by atoms with Crippen LogP contribution in [0.3, 0.4) is 0 Å². The number of nitrogens with zero attached hydrogens (tertiary/aromatic N) is 1. The van der Waals surface area contributed by atoms with Gasteiger partial charge in [-0.15, -0.1) is 11.3 Å². The average molecular weight is 334 g/mol. The summed E-state index contributed by atoms with van der Waals surface area (Å²) in [5.41, 5.74) is 1.28. The number of nitrogens with one attached hydrogen (secondary N) is 1. The summed E-state index contributed by atoms with van der Waals surface area (Å²) in [6, 6.07) is 12.4. The van der Waals surface area contributed by atoms with Gasteiger partial charge in [0.2, 0.25) is 0 Å². The van der Waals surface area contributed by atoms with Gasteiger partial charge in [-0.3, -0.25) is 10.2 Å². The molecule has 0 radical (unpaired) electrons. The highest BCUT2D eigenvalue weighted by atomic mass is 32.1. The van der Waals surface area contributed by atoms with E-state index in [1.807, 2.05) is 12.1 Å². The van der Waals surface area contributed by atoms with E-state index in [4.69, 9.17) is 9.84 Å². The average Bonchev–Trinajstić information content (AvgIpc) is 3.05. The van der Waals surface area contributed by atoms with Crippen LogP contribution in [0.4, 0.5) is 4.79 Å². The highest BCUT2D eigenvalue weighted by Gasteiger charge is 2.03. The van der Waals surface area contributed by atoms with Gasteiger partial charge in [0.05, 0.1) is 13.3 Å². The quantitative estimate of drug-likeness (QED) is 0.546. The predicted molar refractivity (Wildman–Crippen MR) is 92.3 cm³/mol. The van der Waals surface area contributed by atoms with E-state index in [0.717, 1.165) is 18.6 Å². The molecule has 0 unspecified atom stereocenters. The van der Waals surface area contributed by atoms with Gasteiger partial charge in [-0.05, 0) is 42.1 Å². The summed E-state index contributed by atoms with van der Waals surface area (Å²) >= 11 is 1.77. The molecule has 0 aliphatic heterocycles. The minimum absolute atomic E-state index is 0.326. The summed E-state index contributed by atoms with van der Waals surface area (Å²) in [6.45, 7) is 1.65. The Bertz CT molecular complexity index is 584. The molecule has 0 saturated heterocycles. The first-order valence-electron chi connectivity index (χ1n) is 7.54. The second-order valence-corrected chi connectivity index (χ2v) is 6.27. The molecule has 5 nitrogen and oxygen atoms in total. The Labute approximate surface area is 140 Å². The van der Waals surface area contributed by atoms with Gasteiger partial charge in [-0.1, -0.05) is 18.2 Å². The maximum atomic E-state index is 10.6. The molecule has 23 heavy (non-hydrogen) atoms. The Hall–Kier alpha value is -2.05. The highest BCUT2D eigenvalue weighted by molar-refractivity contribution is 7.09. The number of carboxylic acid groups (broad SMARTS) is 1. The third kappa shape index (κ3) is 6.30. The summed E-state index contributed by atoms with van der Waals surface area (Å²) in [6.07, 6.45) is 0.847. The molecule has 0 fully saturated rings. The summed E-state index contributed by atoms with van der Waals surface area (Å²) in [4.78, 5) is 13.2. The van der Waals surface area contributed by atoms with Crippen LogP contribution >= 0.6 is 11.3 Å². The number of thiophene rings is 1. The van der Waals surface area contributed by atoms with Gasteiger partial charge in [-0.25, -0.2) is 4.79 Å². The Balaban J connectivity index is 1.61. The van der Waals surface area contributed by atoms with Crippen molar-refractivity contribution in [2.75, 3.05) is 26.9 Å². The van der Waals surface area contributed by atoms with Gasteiger partial charge in [0.25, 0.3) is 0 Å². The minimum Gasteiger partial charge on any atom is -0.494 e. The molecule has 0 atom stereocenters. The van der Waals surface area contributed by atoms with Gasteiger partial charge in [0.1, 0.15) is 5.75 Å². The Kier molecular flexibility index (Phi) is 6.90.